The summed E-state index contributed by atoms with van der Waals surface area (Å²) in [6.45, 7) is 0. The minimum absolute atomic E-state index is 0.464. The lowest BCUT2D eigenvalue weighted by Crippen LogP contribution is -2.29. The zero-order valence-corrected chi connectivity index (χ0v) is 78.4. The molecule has 0 heterocycles. The number of ether oxygens (including phenoxy) is 2. The number of rotatable bonds is 22. The van der Waals surface area contributed by atoms with Crippen molar-refractivity contribution < 1.29 is 19.5 Å². The maximum absolute atomic E-state index is 8.70. The Balaban J connectivity index is 0.000000156. The van der Waals surface area contributed by atoms with Crippen LogP contribution in [0, 0.1) is 0 Å². The van der Waals surface area contributed by atoms with Crippen molar-refractivity contribution in [2.45, 2.75) is 0 Å². The molecule has 0 unspecified atom stereocenters. The van der Waals surface area contributed by atoms with Crippen molar-refractivity contribution >= 4 is 24.2 Å². The first-order chi connectivity index (χ1) is 69.0. The van der Waals surface area contributed by atoms with Gasteiger partial charge in [0.25, 0.3) is 0 Å². The van der Waals surface area contributed by atoms with Crippen LogP contribution < -0.4 is 14.9 Å². The van der Waals surface area contributed by atoms with Crippen molar-refractivity contribution in [3.05, 3.63) is 551 Å². The van der Waals surface area contributed by atoms with Crippen molar-refractivity contribution in [3.63, 3.8) is 0 Å². The molecule has 0 aromatic heterocycles. The van der Waals surface area contributed by atoms with E-state index < -0.39 is 7.12 Å². The van der Waals surface area contributed by atoms with Gasteiger partial charge < -0.3 is 19.5 Å². The van der Waals surface area contributed by atoms with Crippen LogP contribution in [0.3, 0.4) is 0 Å². The van der Waals surface area contributed by atoms with Crippen molar-refractivity contribution in [2.75, 3.05) is 14.2 Å². The largest absolute Gasteiger partial charge is 0.497 e. The lowest BCUT2D eigenvalue weighted by atomic mass is 9.80. The second-order valence-corrected chi connectivity index (χ2v) is 35.3. The molecule has 2 N–H and O–H groups in total. The van der Waals surface area contributed by atoms with E-state index in [9.17, 15) is 0 Å². The van der Waals surface area contributed by atoms with Crippen molar-refractivity contribution in [3.8, 4) is 223 Å². The van der Waals surface area contributed by atoms with Crippen molar-refractivity contribution in [1.29, 1.82) is 0 Å². The predicted octanol–water partition coefficient (Wildman–Crippen LogP) is 35.1. The molecular weight excluding hydrogens is 1720 g/mol. The van der Waals surface area contributed by atoms with Crippen LogP contribution in [0.2, 0.25) is 5.02 Å². The molecular formula is C134H98BClO4. The first kappa shape index (κ1) is 90.5. The topological polar surface area (TPSA) is 58.9 Å². The number of benzene rings is 22. The Bertz CT molecular complexity index is 7860. The van der Waals surface area contributed by atoms with Crippen LogP contribution in [0.4, 0.5) is 0 Å². The predicted molar refractivity (Wildman–Crippen MR) is 591 cm³/mol. The van der Waals surface area contributed by atoms with Gasteiger partial charge in [-0.1, -0.05) is 521 Å². The molecule has 0 bridgehead atoms. The highest BCUT2D eigenvalue weighted by Gasteiger charge is 2.17. The van der Waals surface area contributed by atoms with E-state index in [0.29, 0.717) is 11.2 Å². The second-order valence-electron chi connectivity index (χ2n) is 34.9. The quantitative estimate of drug-likeness (QED) is 0.0664. The number of halogens is 1. The second kappa shape index (κ2) is 42.7. The van der Waals surface area contributed by atoms with E-state index in [1.165, 1.54) is 184 Å². The van der Waals surface area contributed by atoms with Gasteiger partial charge in [0.1, 0.15) is 11.5 Å². The van der Waals surface area contributed by atoms with Crippen molar-refractivity contribution in [1.82, 2.24) is 0 Å². The van der Waals surface area contributed by atoms with E-state index in [2.05, 4.69) is 504 Å². The Hall–Kier alpha value is -17.3. The summed E-state index contributed by atoms with van der Waals surface area (Å²) in [7, 11) is 1.87. The van der Waals surface area contributed by atoms with Crippen LogP contribution in [0.1, 0.15) is 0 Å². The van der Waals surface area contributed by atoms with Gasteiger partial charge >= 0.3 is 7.12 Å². The Morgan fingerprint density at radius 2 is 0.286 bits per heavy atom. The van der Waals surface area contributed by atoms with Gasteiger partial charge in [-0.15, -0.1) is 0 Å². The molecule has 0 saturated carbocycles. The Kier molecular flexibility index (Phi) is 27.6. The molecule has 22 rings (SSSR count). The van der Waals surface area contributed by atoms with E-state index in [1.54, 1.807) is 38.5 Å². The molecule has 0 amide bonds. The number of hydrogen-bond donors (Lipinski definition) is 2. The zero-order chi connectivity index (χ0) is 94.9. The van der Waals surface area contributed by atoms with Crippen LogP contribution >= 0.6 is 11.6 Å². The van der Waals surface area contributed by atoms with Crippen LogP contribution in [0.5, 0.6) is 11.5 Å². The van der Waals surface area contributed by atoms with Gasteiger partial charge in [-0.05, 0) is 248 Å². The van der Waals surface area contributed by atoms with Crippen LogP contribution in [-0.4, -0.2) is 31.4 Å². The number of methoxy groups -OCH3 is 2. The summed E-state index contributed by atoms with van der Waals surface area (Å²) in [4.78, 5) is 0. The maximum Gasteiger partial charge on any atom is 0.488 e. The fraction of sp³-hybridized carbons (Fsp3) is 0.0149. The molecule has 0 atom stereocenters. The lowest BCUT2D eigenvalue weighted by molar-refractivity contribution is 0.414. The normalized spacial score (nSPS) is 10.9. The molecule has 0 fully saturated rings. The molecule has 0 aliphatic rings. The Labute approximate surface area is 825 Å². The minimum Gasteiger partial charge on any atom is -0.497 e. The summed E-state index contributed by atoms with van der Waals surface area (Å²) in [6, 6.07) is 194. The third-order valence-corrected chi connectivity index (χ3v) is 26.6. The molecule has 6 heteroatoms. The average molecular weight is 1820 g/mol. The highest BCUT2D eigenvalue weighted by atomic mass is 35.5. The van der Waals surface area contributed by atoms with Crippen LogP contribution in [-0.2, 0) is 0 Å². The fourth-order valence-corrected chi connectivity index (χ4v) is 18.4. The van der Waals surface area contributed by atoms with Gasteiger partial charge in [-0.2, -0.15) is 0 Å². The van der Waals surface area contributed by atoms with Crippen molar-refractivity contribution in [2.24, 2.45) is 0 Å². The maximum atomic E-state index is 8.70. The molecule has 140 heavy (non-hydrogen) atoms. The van der Waals surface area contributed by atoms with Gasteiger partial charge in [0.2, 0.25) is 0 Å². The van der Waals surface area contributed by atoms with Gasteiger partial charge in [-0.3, -0.25) is 0 Å². The Morgan fingerprint density at radius 1 is 0.143 bits per heavy atom. The molecule has 0 aliphatic carbocycles. The molecule has 0 spiro atoms. The van der Waals surface area contributed by atoms with E-state index in [1.807, 2.05) is 18.2 Å². The molecule has 4 nitrogen and oxygen atoms in total. The fourth-order valence-electron chi connectivity index (χ4n) is 18.2. The molecule has 668 valence electrons. The number of hydrogen-bond acceptors (Lipinski definition) is 4. The van der Waals surface area contributed by atoms with E-state index >= 15 is 0 Å². The molecule has 0 radical (unpaired) electrons. The highest BCUT2D eigenvalue weighted by Crippen LogP contribution is 2.42. The molecule has 0 aliphatic heterocycles. The Morgan fingerprint density at radius 3 is 0.479 bits per heavy atom. The van der Waals surface area contributed by atoms with Crippen LogP contribution in [0.15, 0.2) is 546 Å². The van der Waals surface area contributed by atoms with Crippen LogP contribution in [0.25, 0.3) is 211 Å². The lowest BCUT2D eigenvalue weighted by Gasteiger charge is -2.15. The monoisotopic (exact) mass is 1820 g/mol. The van der Waals surface area contributed by atoms with Gasteiger partial charge in [0.05, 0.1) is 14.2 Å². The average Bonchev–Trinajstić information content (AvgIpc) is 0.776. The summed E-state index contributed by atoms with van der Waals surface area (Å²) < 4.78 is 10.4. The molecule has 22 aromatic carbocycles. The first-order valence-electron chi connectivity index (χ1n) is 47.2. The summed E-state index contributed by atoms with van der Waals surface area (Å²) in [5.41, 5.74) is 45.7. The SMILES string of the molecule is COc1ccc(-c2cc(-c3ccc(-c4ccc(-c5ccc(-c6ccc(-c7ccc(-c8ccc(-c9ccccc9)cc8)cc7)cc6)cc5)cc4)cc3)ccc2-c2ccc(-c3ccccc3)cc2)cc1.COc1ccc(B(O)O)cc1.Clc1cc(-c2ccc(-c3ccc(-c4ccc(-c5ccc(-c6ccc(-c7ccc(-c8ccccc8)cc7)cc6)cc5)cc4)cc3)cc2)ccc1-c1ccc(-c2ccccc2)cc1. The standard InChI is InChI=1S/C67H48O.C60H41Cl.C7H9BO3/c1-68-65-43-40-63(41-44-65)67-46-64(42-45-66(67)62-38-36-50(37-39-62)48-10-6-3-7-11-48)61-34-32-60(33-35-61)59-30-28-58(29-31-59)57-26-24-56(25-27-57)55-22-20-54(21-23-55)53-18-16-52(17-19-53)51-14-12-49(13-15-51)47-8-4-2-5-9-47;61-60-41-58(39-40-59(60)57-37-35-45(36-38-57)43-9-5-2-6-10-43)56-33-31-55(32-34-56)54-29-27-53(28-30-54)52-25-23-51(24-26-52)50-21-19-49(20-22-50)48-17-15-47(16-18-48)46-13-11-44(12-14-46)42-7-3-1-4-8-42;1-11-7-4-2-6(3-5-7)8(9)10/h2-46H,1H3;1-41H;2-5,9-10H,1H3. The van der Waals surface area contributed by atoms with E-state index in [0.717, 1.165) is 38.6 Å². The van der Waals surface area contributed by atoms with Gasteiger partial charge in [0.15, 0.2) is 0 Å². The summed E-state index contributed by atoms with van der Waals surface area (Å²) in [5, 5.41) is 18.1. The zero-order valence-electron chi connectivity index (χ0n) is 77.6. The smallest absolute Gasteiger partial charge is 0.488 e. The third-order valence-electron chi connectivity index (χ3n) is 26.2. The summed E-state index contributed by atoms with van der Waals surface area (Å²) in [6.07, 6.45) is 0. The first-order valence-corrected chi connectivity index (χ1v) is 47.6. The van der Waals surface area contributed by atoms with Gasteiger partial charge in [-0.25, -0.2) is 0 Å². The van der Waals surface area contributed by atoms with E-state index in [4.69, 9.17) is 31.1 Å². The van der Waals surface area contributed by atoms with Gasteiger partial charge in [0, 0.05) is 10.6 Å². The third kappa shape index (κ3) is 21.3. The van der Waals surface area contributed by atoms with E-state index in [-0.39, 0.29) is 0 Å². The highest BCUT2D eigenvalue weighted by molar-refractivity contribution is 6.58. The minimum atomic E-state index is -1.40. The molecule has 0 saturated heterocycles. The summed E-state index contributed by atoms with van der Waals surface area (Å²) in [5.74, 6) is 1.55. The summed E-state index contributed by atoms with van der Waals surface area (Å²) >= 11 is 6.86. The molecule has 22 aromatic rings.